The van der Waals surface area contributed by atoms with Crippen LogP contribution in [-0.2, 0) is 9.84 Å². The molecule has 1 saturated carbocycles. The molecule has 0 aromatic carbocycles. The largest absolute Gasteiger partial charge is 0.313 e. The number of nitrogens with one attached hydrogen (secondary N) is 1. The van der Waals surface area contributed by atoms with Gasteiger partial charge in [-0.1, -0.05) is 34.1 Å². The van der Waals surface area contributed by atoms with Crippen molar-refractivity contribution in [3.05, 3.63) is 0 Å². The van der Waals surface area contributed by atoms with Crippen LogP contribution in [0.15, 0.2) is 0 Å². The molecule has 21 heavy (non-hydrogen) atoms. The first-order valence-corrected chi connectivity index (χ1v) is 10.2. The first kappa shape index (κ1) is 19.0. The van der Waals surface area contributed by atoms with Crippen LogP contribution in [0.25, 0.3) is 0 Å². The second kappa shape index (κ2) is 7.45. The van der Waals surface area contributed by atoms with Crippen molar-refractivity contribution >= 4 is 9.84 Å². The third-order valence-corrected chi connectivity index (χ3v) is 8.22. The van der Waals surface area contributed by atoms with Crippen molar-refractivity contribution in [2.45, 2.75) is 90.2 Å². The highest BCUT2D eigenvalue weighted by Gasteiger charge is 2.43. The molecule has 1 N–H and O–H groups in total. The van der Waals surface area contributed by atoms with Gasteiger partial charge in [-0.3, -0.25) is 0 Å². The Morgan fingerprint density at radius 1 is 1.19 bits per heavy atom. The van der Waals surface area contributed by atoms with Crippen LogP contribution in [0.5, 0.6) is 0 Å². The minimum absolute atomic E-state index is 0.140. The van der Waals surface area contributed by atoms with Gasteiger partial charge in [0.1, 0.15) is 0 Å². The first-order valence-electron chi connectivity index (χ1n) is 8.62. The summed E-state index contributed by atoms with van der Waals surface area (Å²) in [5.74, 6) is 0.515. The summed E-state index contributed by atoms with van der Waals surface area (Å²) in [4.78, 5) is 0. The molecular weight excluding hydrogens is 282 g/mol. The molecule has 1 aliphatic rings. The molecular formula is C17H35NO2S. The highest BCUT2D eigenvalue weighted by Crippen LogP contribution is 2.42. The highest BCUT2D eigenvalue weighted by atomic mass is 32.2. The van der Waals surface area contributed by atoms with E-state index < -0.39 is 9.84 Å². The second-order valence-corrected chi connectivity index (χ2v) is 10.3. The SMILES string of the molecule is CCCNC1CCC(C(C)(C)CC)CC1S(=O)(=O)C(C)C. The van der Waals surface area contributed by atoms with E-state index in [0.29, 0.717) is 5.92 Å². The third kappa shape index (κ3) is 4.44. The molecule has 1 rings (SSSR count). The van der Waals surface area contributed by atoms with Gasteiger partial charge in [-0.05, 0) is 57.4 Å². The van der Waals surface area contributed by atoms with E-state index in [9.17, 15) is 8.42 Å². The van der Waals surface area contributed by atoms with E-state index in [1.165, 1.54) is 0 Å². The van der Waals surface area contributed by atoms with E-state index in [1.807, 2.05) is 13.8 Å². The van der Waals surface area contributed by atoms with Crippen LogP contribution >= 0.6 is 0 Å². The molecule has 3 nitrogen and oxygen atoms in total. The van der Waals surface area contributed by atoms with Gasteiger partial charge in [0.25, 0.3) is 0 Å². The zero-order chi connectivity index (χ0) is 16.3. The van der Waals surface area contributed by atoms with Crippen molar-refractivity contribution < 1.29 is 8.42 Å². The van der Waals surface area contributed by atoms with Gasteiger partial charge < -0.3 is 5.32 Å². The molecule has 4 heteroatoms. The van der Waals surface area contributed by atoms with Crippen LogP contribution in [0.2, 0.25) is 0 Å². The normalized spacial score (nSPS) is 28.0. The lowest BCUT2D eigenvalue weighted by molar-refractivity contribution is 0.139. The number of hydrogen-bond donors (Lipinski definition) is 1. The molecule has 1 fully saturated rings. The van der Waals surface area contributed by atoms with Crippen molar-refractivity contribution in [3.63, 3.8) is 0 Å². The molecule has 3 atom stereocenters. The Hall–Kier alpha value is -0.0900. The van der Waals surface area contributed by atoms with Gasteiger partial charge >= 0.3 is 0 Å². The van der Waals surface area contributed by atoms with Crippen molar-refractivity contribution in [1.82, 2.24) is 5.32 Å². The maximum Gasteiger partial charge on any atom is 0.157 e. The topological polar surface area (TPSA) is 46.2 Å². The van der Waals surface area contributed by atoms with E-state index in [-0.39, 0.29) is 22.0 Å². The summed E-state index contributed by atoms with van der Waals surface area (Å²) in [5.41, 5.74) is 0.237. The van der Waals surface area contributed by atoms with Gasteiger partial charge in [0.2, 0.25) is 0 Å². The van der Waals surface area contributed by atoms with Gasteiger partial charge in [-0.25, -0.2) is 8.42 Å². The standard InChI is InChI=1S/C17H35NO2S/c1-7-11-18-15-10-9-14(17(5,6)8-2)12-16(15)21(19,20)13(3)4/h13-16,18H,7-12H2,1-6H3. The monoisotopic (exact) mass is 317 g/mol. The molecule has 0 amide bonds. The molecule has 0 heterocycles. The minimum atomic E-state index is -3.04. The van der Waals surface area contributed by atoms with E-state index in [0.717, 1.165) is 38.6 Å². The average molecular weight is 318 g/mol. The quantitative estimate of drug-likeness (QED) is 0.777. The van der Waals surface area contributed by atoms with E-state index in [4.69, 9.17) is 0 Å². The lowest BCUT2D eigenvalue weighted by atomic mass is 9.68. The Kier molecular flexibility index (Phi) is 6.73. The smallest absolute Gasteiger partial charge is 0.157 e. The molecule has 0 radical (unpaired) electrons. The van der Waals surface area contributed by atoms with Crippen LogP contribution in [0.1, 0.15) is 73.6 Å². The van der Waals surface area contributed by atoms with Crippen LogP contribution in [0.3, 0.4) is 0 Å². The molecule has 0 bridgehead atoms. The summed E-state index contributed by atoms with van der Waals surface area (Å²) in [7, 11) is -3.04. The first-order chi connectivity index (χ1) is 9.66. The molecule has 0 spiro atoms. The Morgan fingerprint density at radius 3 is 2.29 bits per heavy atom. The van der Waals surface area contributed by atoms with Gasteiger partial charge in [0.15, 0.2) is 9.84 Å². The average Bonchev–Trinajstić information content (AvgIpc) is 2.44. The van der Waals surface area contributed by atoms with E-state index in [2.05, 4.69) is 33.0 Å². The summed E-state index contributed by atoms with van der Waals surface area (Å²) >= 11 is 0. The predicted molar refractivity (Wildman–Crippen MR) is 91.3 cm³/mol. The number of rotatable bonds is 7. The van der Waals surface area contributed by atoms with Gasteiger partial charge in [0, 0.05) is 6.04 Å². The van der Waals surface area contributed by atoms with Crippen molar-refractivity contribution in [2.75, 3.05) is 6.54 Å². The summed E-state index contributed by atoms with van der Waals surface area (Å²) in [6.07, 6.45) is 5.12. The summed E-state index contributed by atoms with van der Waals surface area (Å²) in [6, 6.07) is 0.140. The molecule has 3 unspecified atom stereocenters. The van der Waals surface area contributed by atoms with Crippen LogP contribution in [0, 0.1) is 11.3 Å². The number of hydrogen-bond acceptors (Lipinski definition) is 3. The van der Waals surface area contributed by atoms with Gasteiger partial charge in [-0.2, -0.15) is 0 Å². The predicted octanol–water partition coefficient (Wildman–Crippen LogP) is 3.78. The zero-order valence-electron chi connectivity index (χ0n) is 14.8. The summed E-state index contributed by atoms with van der Waals surface area (Å²) in [6.45, 7) is 13.5. The van der Waals surface area contributed by atoms with E-state index >= 15 is 0 Å². The third-order valence-electron chi connectivity index (χ3n) is 5.54. The summed E-state index contributed by atoms with van der Waals surface area (Å²) in [5, 5.41) is 3.00. The molecule has 1 aliphatic carbocycles. The Labute approximate surface area is 132 Å². The molecule has 0 aromatic heterocycles. The van der Waals surface area contributed by atoms with Crippen LogP contribution in [-0.4, -0.2) is 31.5 Å². The number of sulfone groups is 1. The zero-order valence-corrected chi connectivity index (χ0v) is 15.6. The fourth-order valence-electron chi connectivity index (χ4n) is 3.40. The van der Waals surface area contributed by atoms with Crippen molar-refractivity contribution in [3.8, 4) is 0 Å². The van der Waals surface area contributed by atoms with Crippen LogP contribution in [0.4, 0.5) is 0 Å². The Morgan fingerprint density at radius 2 is 1.81 bits per heavy atom. The fraction of sp³-hybridized carbons (Fsp3) is 1.00. The minimum Gasteiger partial charge on any atom is -0.313 e. The maximum absolute atomic E-state index is 12.8. The Bertz CT molecular complexity index is 415. The lowest BCUT2D eigenvalue weighted by Gasteiger charge is -2.43. The van der Waals surface area contributed by atoms with E-state index in [1.54, 1.807) is 0 Å². The van der Waals surface area contributed by atoms with Crippen molar-refractivity contribution in [1.29, 1.82) is 0 Å². The molecule has 126 valence electrons. The summed E-state index contributed by atoms with van der Waals surface area (Å²) < 4.78 is 25.6. The molecule has 0 saturated heterocycles. The van der Waals surface area contributed by atoms with Gasteiger partial charge in [0.05, 0.1) is 10.5 Å². The Balaban J connectivity index is 2.97. The maximum atomic E-state index is 12.8. The fourth-order valence-corrected chi connectivity index (χ4v) is 5.29. The molecule has 0 aliphatic heterocycles. The second-order valence-electron chi connectivity index (χ2n) is 7.59. The highest BCUT2D eigenvalue weighted by molar-refractivity contribution is 7.92. The lowest BCUT2D eigenvalue weighted by Crippen LogP contribution is -2.51. The molecule has 0 aromatic rings. The van der Waals surface area contributed by atoms with Gasteiger partial charge in [-0.15, -0.1) is 0 Å². The van der Waals surface area contributed by atoms with Crippen molar-refractivity contribution in [2.24, 2.45) is 11.3 Å². The van der Waals surface area contributed by atoms with Crippen LogP contribution < -0.4 is 5.32 Å².